The highest BCUT2D eigenvalue weighted by Crippen LogP contribution is 2.56. The van der Waals surface area contributed by atoms with E-state index in [4.69, 9.17) is 42.6 Å². The van der Waals surface area contributed by atoms with Crippen LogP contribution in [0.25, 0.3) is 49.2 Å². The minimum absolute atomic E-state index is 0.00109. The van der Waals surface area contributed by atoms with Crippen molar-refractivity contribution in [3.63, 3.8) is 0 Å². The van der Waals surface area contributed by atoms with Gasteiger partial charge >= 0.3 is 11.9 Å². The van der Waals surface area contributed by atoms with E-state index in [2.05, 4.69) is 10.6 Å². The maximum absolute atomic E-state index is 14.5. The number of carbonyl (C=O) groups excluding carboxylic acids is 3. The fraction of sp³-hybridized carbons (Fsp3) is 0.490. The molecule has 0 saturated carbocycles. The van der Waals surface area contributed by atoms with Gasteiger partial charge in [0.15, 0.2) is 16.6 Å². The van der Waals surface area contributed by atoms with E-state index >= 15 is 0 Å². The first-order valence-electron chi connectivity index (χ1n) is 22.4. The van der Waals surface area contributed by atoms with Crippen molar-refractivity contribution in [3.05, 3.63) is 60.4 Å². The third-order valence-corrected chi connectivity index (χ3v) is 11.7. The molecule has 1 aliphatic carbocycles. The molecule has 19 nitrogen and oxygen atoms in total. The average molecular weight is 949 g/mol. The average Bonchev–Trinajstić information content (AvgIpc) is 3.45. The van der Waals surface area contributed by atoms with Gasteiger partial charge in [0.2, 0.25) is 0 Å². The molecule has 0 fully saturated rings. The number of nitrogens with one attached hydrogen (secondary N) is 2. The molecular formula is C49H60N2O17. The number of anilines is 2. The van der Waals surface area contributed by atoms with Crippen molar-refractivity contribution in [1.29, 1.82) is 0 Å². The second kappa shape index (κ2) is 24.5. The number of ketones is 1. The monoisotopic (exact) mass is 948 g/mol. The molecule has 0 amide bonds. The topological polar surface area (TPSA) is 253 Å². The Kier molecular flexibility index (Phi) is 18.6. The highest BCUT2D eigenvalue weighted by Gasteiger charge is 2.37. The van der Waals surface area contributed by atoms with Crippen molar-refractivity contribution in [2.75, 3.05) is 124 Å². The van der Waals surface area contributed by atoms with Crippen molar-refractivity contribution >= 4 is 78.3 Å². The molecule has 68 heavy (non-hydrogen) atoms. The van der Waals surface area contributed by atoms with Crippen LogP contribution in [0.1, 0.15) is 54.9 Å². The fourth-order valence-electron chi connectivity index (χ4n) is 8.87. The van der Waals surface area contributed by atoms with E-state index in [0.717, 1.165) is 0 Å². The third kappa shape index (κ3) is 11.1. The third-order valence-electron chi connectivity index (χ3n) is 11.7. The molecule has 0 aliphatic heterocycles. The van der Waals surface area contributed by atoms with Crippen LogP contribution in [0.3, 0.4) is 0 Å². The number of phenols is 1. The van der Waals surface area contributed by atoms with Gasteiger partial charge in [0.1, 0.15) is 24.7 Å². The quantitative estimate of drug-likeness (QED) is 0.0145. The summed E-state index contributed by atoms with van der Waals surface area (Å²) in [6.45, 7) is 4.56. The van der Waals surface area contributed by atoms with Crippen molar-refractivity contribution in [2.24, 2.45) is 0 Å². The molecule has 0 heterocycles. The zero-order valence-electron chi connectivity index (χ0n) is 39.1. The van der Waals surface area contributed by atoms with Crippen LogP contribution < -0.4 is 26.2 Å². The number of Topliss-reactive ketones (excluding diaryl/α,β-unsaturated/α-hetero) is 1. The number of carbonyl (C=O) groups is 3. The summed E-state index contributed by atoms with van der Waals surface area (Å²) in [5.74, 6) is -2.32. The molecule has 0 spiro atoms. The van der Waals surface area contributed by atoms with Crippen LogP contribution >= 0.6 is 0 Å². The first-order valence-corrected chi connectivity index (χ1v) is 22.4. The number of esters is 2. The van der Waals surface area contributed by atoms with Crippen LogP contribution in [0, 0.1) is 0 Å². The Morgan fingerprint density at radius 1 is 0.588 bits per heavy atom. The van der Waals surface area contributed by atoms with Gasteiger partial charge in [0.25, 0.3) is 0 Å². The first-order chi connectivity index (χ1) is 32.9. The lowest BCUT2D eigenvalue weighted by Crippen LogP contribution is -2.19. The Hall–Kier alpha value is -5.77. The minimum Gasteiger partial charge on any atom is -0.505 e. The van der Waals surface area contributed by atoms with E-state index < -0.39 is 41.9 Å². The summed E-state index contributed by atoms with van der Waals surface area (Å²) < 4.78 is 48.6. The number of methoxy groups -OCH3 is 3. The van der Waals surface area contributed by atoms with E-state index in [1.165, 1.54) is 26.2 Å². The predicted octanol–water partition coefficient (Wildman–Crippen LogP) is 3.73. The largest absolute Gasteiger partial charge is 0.505 e. The molecule has 19 heteroatoms. The number of fused-ring (bicyclic) bond motifs is 1. The molecule has 1 unspecified atom stereocenters. The smallest absolute Gasteiger partial charge is 0.308 e. The Morgan fingerprint density at radius 3 is 1.57 bits per heavy atom. The molecule has 0 aromatic heterocycles. The molecule has 6 rings (SSSR count). The van der Waals surface area contributed by atoms with Crippen LogP contribution in [0.5, 0.6) is 11.5 Å². The zero-order chi connectivity index (χ0) is 48.9. The molecule has 1 atom stereocenters. The number of rotatable bonds is 30. The summed E-state index contributed by atoms with van der Waals surface area (Å²) in [6.07, 6.45) is 1.91. The van der Waals surface area contributed by atoms with Crippen molar-refractivity contribution in [2.45, 2.75) is 45.8 Å². The summed E-state index contributed by atoms with van der Waals surface area (Å²) >= 11 is 0. The van der Waals surface area contributed by atoms with E-state index in [9.17, 15) is 39.3 Å². The van der Waals surface area contributed by atoms with Crippen molar-refractivity contribution in [1.82, 2.24) is 0 Å². The molecule has 0 radical (unpaired) electrons. The number of hydrogen-bond acceptors (Lipinski definition) is 19. The van der Waals surface area contributed by atoms with Crippen LogP contribution in [-0.2, 0) is 65.5 Å². The number of benzene rings is 5. The van der Waals surface area contributed by atoms with E-state index in [0.29, 0.717) is 70.1 Å². The number of aliphatic hydroxyl groups excluding tert-OH is 2. The van der Waals surface area contributed by atoms with Gasteiger partial charge in [-0.05, 0) is 53.3 Å². The molecule has 0 saturated heterocycles. The standard InChI is InChI=1S/C49H60N2O17/c1-27-22-31-39-42-37(30(26-53)24-33(56)41(42)48(59)46(31)50-8-12-65-18-20-67-34(57)6-10-63-16-14-60-3)38-29(25-52)23-32(55)40-43(38)44(39)45(36(27)28(2)54)49(62-5)47(40)51-9-13-66-19-21-68-35(58)7-11-64-17-15-61-4/h22-24,36,50-53,59H,6-21,25-26H2,1-5H3. The van der Waals surface area contributed by atoms with Gasteiger partial charge in [-0.2, -0.15) is 0 Å². The summed E-state index contributed by atoms with van der Waals surface area (Å²) in [4.78, 5) is 66.9. The van der Waals surface area contributed by atoms with Gasteiger partial charge in [-0.1, -0.05) is 11.6 Å². The van der Waals surface area contributed by atoms with Crippen LogP contribution in [0.15, 0.2) is 27.3 Å². The summed E-state index contributed by atoms with van der Waals surface area (Å²) in [6, 6.07) is 2.53. The molecule has 0 bridgehead atoms. The Balaban J connectivity index is 1.40. The van der Waals surface area contributed by atoms with Gasteiger partial charge < -0.3 is 68.6 Å². The van der Waals surface area contributed by atoms with Gasteiger partial charge in [-0.3, -0.25) is 24.0 Å². The van der Waals surface area contributed by atoms with Gasteiger partial charge in [0.05, 0.1) is 127 Å². The fourth-order valence-corrected chi connectivity index (χ4v) is 8.87. The van der Waals surface area contributed by atoms with Gasteiger partial charge in [-0.25, -0.2) is 0 Å². The van der Waals surface area contributed by atoms with Crippen LogP contribution in [0.2, 0.25) is 0 Å². The molecule has 5 aromatic rings. The van der Waals surface area contributed by atoms with Crippen molar-refractivity contribution < 1.29 is 72.3 Å². The first kappa shape index (κ1) is 51.6. The van der Waals surface area contributed by atoms with Gasteiger partial charge in [0, 0.05) is 54.6 Å². The van der Waals surface area contributed by atoms with E-state index in [1.54, 1.807) is 27.2 Å². The lowest BCUT2D eigenvalue weighted by atomic mass is 9.79. The zero-order valence-corrected chi connectivity index (χ0v) is 39.1. The number of phenolic OH excluding ortho intramolecular Hbond substituents is 1. The number of aliphatic hydroxyl groups is 2. The number of ether oxygens (including phenoxy) is 9. The second-order valence-corrected chi connectivity index (χ2v) is 16.0. The molecule has 5 aromatic carbocycles. The maximum Gasteiger partial charge on any atom is 0.308 e. The summed E-state index contributed by atoms with van der Waals surface area (Å²) in [7, 11) is 4.54. The predicted molar refractivity (Wildman–Crippen MR) is 254 cm³/mol. The number of aromatic hydroxyl groups is 1. The molecule has 5 N–H and O–H groups in total. The Bertz CT molecular complexity index is 2740. The highest BCUT2D eigenvalue weighted by molar-refractivity contribution is 6.39. The lowest BCUT2D eigenvalue weighted by molar-refractivity contribution is -0.147. The lowest BCUT2D eigenvalue weighted by Gasteiger charge is -2.27. The number of allylic oxidation sites excluding steroid dienone is 1. The number of hydrogen-bond donors (Lipinski definition) is 5. The maximum atomic E-state index is 14.5. The SMILES string of the molecule is COCCOCCC(=O)OCCOCCNc1c(O)c2c(=O)cc(CO)c3c4c(CO)cc(=O)c5c(NCCOCCOC(=O)CCOCCOC)c(OC)c6c(c(c1C=C(C)C6C(C)=O)c23)c54. The van der Waals surface area contributed by atoms with E-state index in [1.807, 2.05) is 0 Å². The van der Waals surface area contributed by atoms with Crippen molar-refractivity contribution in [3.8, 4) is 11.5 Å². The van der Waals surface area contributed by atoms with Crippen LogP contribution in [0.4, 0.5) is 11.4 Å². The van der Waals surface area contributed by atoms with Gasteiger partial charge in [-0.15, -0.1) is 0 Å². The molecule has 368 valence electrons. The molecular weight excluding hydrogens is 889 g/mol. The van der Waals surface area contributed by atoms with E-state index in [-0.39, 0.29) is 135 Å². The Labute approximate surface area is 391 Å². The summed E-state index contributed by atoms with van der Waals surface area (Å²) in [5, 5.41) is 42.7. The summed E-state index contributed by atoms with van der Waals surface area (Å²) in [5.41, 5.74) is 1.08. The Morgan fingerprint density at radius 2 is 1.07 bits per heavy atom. The molecule has 1 aliphatic rings. The second-order valence-electron chi connectivity index (χ2n) is 16.0. The minimum atomic E-state index is -0.961. The van der Waals surface area contributed by atoms with Crippen LogP contribution in [-0.4, -0.2) is 147 Å². The normalized spacial score (nSPS) is 13.5. The highest BCUT2D eigenvalue weighted by atomic mass is 16.6.